The molecule has 7 heteroatoms. The Balaban J connectivity index is 2.09. The second-order valence-electron chi connectivity index (χ2n) is 5.26. The summed E-state index contributed by atoms with van der Waals surface area (Å²) in [5, 5.41) is 10.8. The molecule has 0 saturated heterocycles. The van der Waals surface area contributed by atoms with Crippen LogP contribution in [0.15, 0.2) is 18.3 Å². The van der Waals surface area contributed by atoms with Crippen molar-refractivity contribution in [3.63, 3.8) is 0 Å². The highest BCUT2D eigenvalue weighted by molar-refractivity contribution is 5.75. The number of hydrogen-bond acceptors (Lipinski definition) is 6. The van der Waals surface area contributed by atoms with Gasteiger partial charge in [0.25, 0.3) is 5.69 Å². The third-order valence-corrected chi connectivity index (χ3v) is 3.74. The van der Waals surface area contributed by atoms with Gasteiger partial charge in [0.05, 0.1) is 11.5 Å². The maximum atomic E-state index is 11.5. The second-order valence-corrected chi connectivity index (χ2v) is 5.26. The molecule has 2 N–H and O–H groups in total. The van der Waals surface area contributed by atoms with E-state index in [0.29, 0.717) is 24.4 Å². The van der Waals surface area contributed by atoms with Crippen LogP contribution in [-0.4, -0.2) is 22.5 Å². The first kappa shape index (κ1) is 15.9. The zero-order chi connectivity index (χ0) is 16.1. The molecule has 7 nitrogen and oxygen atoms in total. The molecule has 0 spiro atoms. The standard InChI is InChI=1S/C15H19N3O4/c1-2-22-14(19)7-10-3-5-11(6-4-10)13-8-12(18(20)21)9-17-15(13)16/h5,8-10H,2-4,6-7H2,1H3,(H2,16,17). The molecular formula is C15H19N3O4. The van der Waals surface area contributed by atoms with Gasteiger partial charge in [0.15, 0.2) is 0 Å². The highest BCUT2D eigenvalue weighted by Crippen LogP contribution is 2.34. The molecule has 2 rings (SSSR count). The van der Waals surface area contributed by atoms with E-state index in [9.17, 15) is 14.9 Å². The van der Waals surface area contributed by atoms with E-state index in [1.807, 2.05) is 6.08 Å². The Morgan fingerprint density at radius 2 is 2.36 bits per heavy atom. The largest absolute Gasteiger partial charge is 0.466 e. The van der Waals surface area contributed by atoms with Gasteiger partial charge < -0.3 is 10.5 Å². The van der Waals surface area contributed by atoms with Crippen LogP contribution < -0.4 is 5.73 Å². The van der Waals surface area contributed by atoms with Crippen LogP contribution >= 0.6 is 0 Å². The van der Waals surface area contributed by atoms with Crippen molar-refractivity contribution in [3.8, 4) is 0 Å². The zero-order valence-electron chi connectivity index (χ0n) is 12.4. The molecule has 1 aromatic heterocycles. The SMILES string of the molecule is CCOC(=O)CC1CC=C(c2cc([N+](=O)[O-])cnc2N)CC1. The van der Waals surface area contributed by atoms with Crippen LogP contribution in [0.5, 0.6) is 0 Å². The Hall–Kier alpha value is -2.44. The van der Waals surface area contributed by atoms with Crippen LogP contribution in [0.1, 0.15) is 38.2 Å². The number of carbonyl (C=O) groups is 1. The molecule has 0 bridgehead atoms. The lowest BCUT2D eigenvalue weighted by Gasteiger charge is -2.21. The molecular weight excluding hydrogens is 286 g/mol. The van der Waals surface area contributed by atoms with Gasteiger partial charge in [0.2, 0.25) is 0 Å². The lowest BCUT2D eigenvalue weighted by molar-refractivity contribution is -0.385. The first-order valence-corrected chi connectivity index (χ1v) is 7.26. The monoisotopic (exact) mass is 305 g/mol. The molecule has 0 aromatic carbocycles. The van der Waals surface area contributed by atoms with Gasteiger partial charge >= 0.3 is 5.97 Å². The van der Waals surface area contributed by atoms with Gasteiger partial charge in [-0.25, -0.2) is 4.98 Å². The number of nitro groups is 1. The lowest BCUT2D eigenvalue weighted by atomic mass is 9.85. The maximum absolute atomic E-state index is 11.5. The molecule has 22 heavy (non-hydrogen) atoms. The molecule has 0 amide bonds. The van der Waals surface area contributed by atoms with Crippen molar-refractivity contribution in [2.24, 2.45) is 5.92 Å². The molecule has 0 saturated carbocycles. The van der Waals surface area contributed by atoms with Crippen LogP contribution in [0, 0.1) is 16.0 Å². The van der Waals surface area contributed by atoms with Crippen molar-refractivity contribution in [2.75, 3.05) is 12.3 Å². The van der Waals surface area contributed by atoms with Gasteiger partial charge in [-0.3, -0.25) is 14.9 Å². The number of nitrogens with zero attached hydrogens (tertiary/aromatic N) is 2. The molecule has 118 valence electrons. The first-order valence-electron chi connectivity index (χ1n) is 7.26. The fourth-order valence-corrected chi connectivity index (χ4v) is 2.60. The molecule has 0 fully saturated rings. The van der Waals surface area contributed by atoms with Gasteiger partial charge in [0, 0.05) is 18.1 Å². The number of esters is 1. The summed E-state index contributed by atoms with van der Waals surface area (Å²) in [4.78, 5) is 25.7. The number of anilines is 1. The fraction of sp³-hybridized carbons (Fsp3) is 0.467. The summed E-state index contributed by atoms with van der Waals surface area (Å²) in [5.74, 6) is 0.359. The Bertz CT molecular complexity index is 613. The minimum atomic E-state index is -0.483. The third-order valence-electron chi connectivity index (χ3n) is 3.74. The normalized spacial score (nSPS) is 17.7. The van der Waals surface area contributed by atoms with Crippen molar-refractivity contribution in [1.82, 2.24) is 4.98 Å². The number of hydrogen-bond donors (Lipinski definition) is 1. The number of pyridine rings is 1. The summed E-state index contributed by atoms with van der Waals surface area (Å²) >= 11 is 0. The van der Waals surface area contributed by atoms with E-state index in [1.165, 1.54) is 6.07 Å². The van der Waals surface area contributed by atoms with Crippen LogP contribution in [0.25, 0.3) is 5.57 Å². The molecule has 0 radical (unpaired) electrons. The quantitative estimate of drug-likeness (QED) is 0.509. The van der Waals surface area contributed by atoms with Crippen molar-refractivity contribution in [2.45, 2.75) is 32.6 Å². The Morgan fingerprint density at radius 1 is 1.59 bits per heavy atom. The molecule has 1 atom stereocenters. The number of rotatable bonds is 5. The molecule has 1 heterocycles. The minimum absolute atomic E-state index is 0.0706. The topological polar surface area (TPSA) is 108 Å². The predicted octanol–water partition coefficient (Wildman–Crippen LogP) is 2.71. The maximum Gasteiger partial charge on any atom is 0.306 e. The second kappa shape index (κ2) is 7.02. The van der Waals surface area contributed by atoms with E-state index < -0.39 is 4.92 Å². The number of nitrogen functional groups attached to an aromatic ring is 1. The van der Waals surface area contributed by atoms with E-state index in [0.717, 1.165) is 31.0 Å². The summed E-state index contributed by atoms with van der Waals surface area (Å²) in [6.45, 7) is 2.18. The summed E-state index contributed by atoms with van der Waals surface area (Å²) in [6.07, 6.45) is 5.83. The smallest absolute Gasteiger partial charge is 0.306 e. The van der Waals surface area contributed by atoms with E-state index in [1.54, 1.807) is 6.92 Å². The van der Waals surface area contributed by atoms with Crippen molar-refractivity contribution in [1.29, 1.82) is 0 Å². The van der Waals surface area contributed by atoms with Gasteiger partial charge in [-0.1, -0.05) is 6.08 Å². The number of allylic oxidation sites excluding steroid dienone is 2. The van der Waals surface area contributed by atoms with E-state index in [2.05, 4.69) is 4.98 Å². The van der Waals surface area contributed by atoms with E-state index in [-0.39, 0.29) is 17.6 Å². The third kappa shape index (κ3) is 3.81. The number of aromatic nitrogens is 1. The fourth-order valence-electron chi connectivity index (χ4n) is 2.60. The molecule has 0 aliphatic heterocycles. The van der Waals surface area contributed by atoms with Gasteiger partial charge in [-0.15, -0.1) is 0 Å². The predicted molar refractivity (Wildman–Crippen MR) is 81.9 cm³/mol. The molecule has 1 aliphatic carbocycles. The van der Waals surface area contributed by atoms with Gasteiger partial charge in [0.1, 0.15) is 12.0 Å². The molecule has 1 aliphatic rings. The van der Waals surface area contributed by atoms with Crippen LogP contribution in [-0.2, 0) is 9.53 Å². The Labute approximate surface area is 128 Å². The van der Waals surface area contributed by atoms with Crippen LogP contribution in [0.3, 0.4) is 0 Å². The highest BCUT2D eigenvalue weighted by Gasteiger charge is 2.21. The van der Waals surface area contributed by atoms with Gasteiger partial charge in [-0.2, -0.15) is 0 Å². The number of nitrogens with two attached hydrogens (primary N) is 1. The lowest BCUT2D eigenvalue weighted by Crippen LogP contribution is -2.14. The highest BCUT2D eigenvalue weighted by atomic mass is 16.6. The summed E-state index contributed by atoms with van der Waals surface area (Å²) in [7, 11) is 0. The Kier molecular flexibility index (Phi) is 5.08. The number of ether oxygens (including phenoxy) is 1. The summed E-state index contributed by atoms with van der Waals surface area (Å²) in [5.41, 5.74) is 7.32. The summed E-state index contributed by atoms with van der Waals surface area (Å²) < 4.78 is 4.95. The average Bonchev–Trinajstić information content (AvgIpc) is 2.48. The summed E-state index contributed by atoms with van der Waals surface area (Å²) in [6, 6.07) is 1.46. The van der Waals surface area contributed by atoms with Crippen LogP contribution in [0.2, 0.25) is 0 Å². The number of carbonyl (C=O) groups excluding carboxylic acids is 1. The minimum Gasteiger partial charge on any atom is -0.466 e. The van der Waals surface area contributed by atoms with Crippen molar-refractivity contribution < 1.29 is 14.5 Å². The Morgan fingerprint density at radius 3 is 2.95 bits per heavy atom. The van der Waals surface area contributed by atoms with Crippen LogP contribution in [0.4, 0.5) is 11.5 Å². The van der Waals surface area contributed by atoms with Gasteiger partial charge in [-0.05, 0) is 37.7 Å². The molecule has 1 aromatic rings. The van der Waals surface area contributed by atoms with E-state index in [4.69, 9.17) is 10.5 Å². The van der Waals surface area contributed by atoms with E-state index >= 15 is 0 Å². The van der Waals surface area contributed by atoms with Crippen molar-refractivity contribution in [3.05, 3.63) is 34.0 Å². The zero-order valence-corrected chi connectivity index (χ0v) is 12.4. The average molecular weight is 305 g/mol. The first-order chi connectivity index (χ1) is 10.5. The molecule has 1 unspecified atom stereocenters. The van der Waals surface area contributed by atoms with Crippen molar-refractivity contribution >= 4 is 23.0 Å².